The summed E-state index contributed by atoms with van der Waals surface area (Å²) in [6, 6.07) is -0.0901. The van der Waals surface area contributed by atoms with E-state index in [1.165, 1.54) is 122 Å². The molecule has 0 spiro atoms. The van der Waals surface area contributed by atoms with Crippen molar-refractivity contribution in [3.63, 3.8) is 0 Å². The van der Waals surface area contributed by atoms with E-state index in [0.29, 0.717) is 0 Å². The number of hydrogen-bond acceptors (Lipinski definition) is 2. The first-order valence-corrected chi connectivity index (χ1v) is 16.8. The molecule has 1 rings (SSSR count). The summed E-state index contributed by atoms with van der Waals surface area (Å²) < 4.78 is 0. The first-order valence-electron chi connectivity index (χ1n) is 16.8. The molecular weight excluding hydrogens is 470 g/mol. The minimum Gasteiger partial charge on any atom is -0.481 e. The number of aliphatic carboxylic acids is 1. The molecular formula is C34H63NO3. The van der Waals surface area contributed by atoms with Gasteiger partial charge >= 0.3 is 5.97 Å². The van der Waals surface area contributed by atoms with E-state index in [1.807, 2.05) is 4.90 Å². The molecule has 2 atom stereocenters. The van der Waals surface area contributed by atoms with Crippen molar-refractivity contribution < 1.29 is 14.7 Å². The Balaban J connectivity index is 2.11. The third kappa shape index (κ3) is 17.3. The van der Waals surface area contributed by atoms with Gasteiger partial charge in [0, 0.05) is 19.0 Å². The number of carboxylic acid groups (broad SMARTS) is 1. The van der Waals surface area contributed by atoms with E-state index in [9.17, 15) is 14.7 Å². The molecule has 2 unspecified atom stereocenters. The number of carbonyl (C=O) groups excluding carboxylic acids is 1. The largest absolute Gasteiger partial charge is 0.481 e. The summed E-state index contributed by atoms with van der Waals surface area (Å²) in [4.78, 5) is 26.3. The normalized spacial score (nSPS) is 17.7. The highest BCUT2D eigenvalue weighted by Gasteiger charge is 2.42. The minimum atomic E-state index is -0.789. The van der Waals surface area contributed by atoms with Crippen LogP contribution in [0.3, 0.4) is 0 Å². The lowest BCUT2D eigenvalue weighted by atomic mass is 9.94. The topological polar surface area (TPSA) is 57.6 Å². The van der Waals surface area contributed by atoms with Gasteiger partial charge in [0.1, 0.15) is 0 Å². The summed E-state index contributed by atoms with van der Waals surface area (Å²) in [5.74, 6) is -1.24. The van der Waals surface area contributed by atoms with Gasteiger partial charge in [-0.15, -0.1) is 0 Å². The van der Waals surface area contributed by atoms with Crippen molar-refractivity contribution in [3.05, 3.63) is 12.2 Å². The van der Waals surface area contributed by atoms with E-state index in [1.54, 1.807) is 0 Å². The molecule has 1 amide bonds. The summed E-state index contributed by atoms with van der Waals surface area (Å²) in [7, 11) is 0. The lowest BCUT2D eigenvalue weighted by Gasteiger charge is -2.27. The number of likely N-dealkylation sites (tertiary alicyclic amines) is 1. The second kappa shape index (κ2) is 24.7. The maximum absolute atomic E-state index is 12.6. The number of carboxylic acids is 1. The van der Waals surface area contributed by atoms with Crippen LogP contribution in [0.4, 0.5) is 0 Å². The number of carbonyl (C=O) groups is 2. The van der Waals surface area contributed by atoms with Crippen molar-refractivity contribution >= 4 is 11.9 Å². The van der Waals surface area contributed by atoms with Gasteiger partial charge in [-0.25, -0.2) is 0 Å². The van der Waals surface area contributed by atoms with Crippen LogP contribution in [0.5, 0.6) is 0 Å². The van der Waals surface area contributed by atoms with Crippen LogP contribution in [-0.4, -0.2) is 34.5 Å². The molecule has 1 saturated heterocycles. The maximum atomic E-state index is 12.6. The van der Waals surface area contributed by atoms with E-state index in [0.717, 1.165) is 38.6 Å². The van der Waals surface area contributed by atoms with Crippen molar-refractivity contribution in [2.45, 2.75) is 180 Å². The highest BCUT2D eigenvalue weighted by atomic mass is 16.4. The highest BCUT2D eigenvalue weighted by molar-refractivity contribution is 5.87. The lowest BCUT2D eigenvalue weighted by Crippen LogP contribution is -2.38. The number of allylic oxidation sites excluding steroid dienone is 2. The fourth-order valence-corrected chi connectivity index (χ4v) is 5.94. The monoisotopic (exact) mass is 533 g/mol. The van der Waals surface area contributed by atoms with Crippen molar-refractivity contribution in [1.82, 2.24) is 4.90 Å². The summed E-state index contributed by atoms with van der Waals surface area (Å²) >= 11 is 0. The maximum Gasteiger partial charge on any atom is 0.309 e. The molecule has 1 fully saturated rings. The number of rotatable bonds is 27. The van der Waals surface area contributed by atoms with Crippen molar-refractivity contribution in [1.29, 1.82) is 0 Å². The van der Waals surface area contributed by atoms with Gasteiger partial charge in [-0.2, -0.15) is 0 Å². The first-order chi connectivity index (χ1) is 18.6. The van der Waals surface area contributed by atoms with Crippen LogP contribution in [0.25, 0.3) is 0 Å². The smallest absolute Gasteiger partial charge is 0.309 e. The van der Waals surface area contributed by atoms with Crippen LogP contribution in [-0.2, 0) is 9.59 Å². The van der Waals surface area contributed by atoms with Gasteiger partial charge in [-0.3, -0.25) is 9.59 Å². The van der Waals surface area contributed by atoms with Crippen molar-refractivity contribution in [2.24, 2.45) is 5.92 Å². The van der Waals surface area contributed by atoms with E-state index < -0.39 is 11.9 Å². The Labute approximate surface area is 236 Å². The van der Waals surface area contributed by atoms with Crippen LogP contribution >= 0.6 is 0 Å². The third-order valence-electron chi connectivity index (χ3n) is 8.41. The number of nitrogens with zero attached hydrogens (tertiary/aromatic N) is 1. The molecule has 0 radical (unpaired) electrons. The lowest BCUT2D eigenvalue weighted by molar-refractivity contribution is -0.142. The molecule has 222 valence electrons. The highest BCUT2D eigenvalue weighted by Crippen LogP contribution is 2.30. The van der Waals surface area contributed by atoms with Crippen LogP contribution < -0.4 is 0 Å². The summed E-state index contributed by atoms with van der Waals surface area (Å²) in [6.07, 6.45) is 35.0. The number of hydrogen-bond donors (Lipinski definition) is 1. The number of amides is 1. The van der Waals surface area contributed by atoms with Gasteiger partial charge in [-0.1, -0.05) is 142 Å². The van der Waals surface area contributed by atoms with Crippen LogP contribution in [0.2, 0.25) is 0 Å². The number of unbranched alkanes of at least 4 members (excludes halogenated alkanes) is 20. The van der Waals surface area contributed by atoms with Gasteiger partial charge in [0.25, 0.3) is 0 Å². The summed E-state index contributed by atoms with van der Waals surface area (Å²) in [5.41, 5.74) is 0. The van der Waals surface area contributed by atoms with Gasteiger partial charge in [0.05, 0.1) is 5.92 Å². The van der Waals surface area contributed by atoms with Gasteiger partial charge < -0.3 is 10.0 Å². The Hall–Kier alpha value is -1.32. The van der Waals surface area contributed by atoms with Crippen molar-refractivity contribution in [3.8, 4) is 0 Å². The van der Waals surface area contributed by atoms with E-state index in [-0.39, 0.29) is 18.4 Å². The molecule has 1 N–H and O–H groups in total. The SMILES string of the molecule is CCCCCCCC/C=C\CCCCCCCCN1C(=O)CC(C(=O)O)C1CCCCCCCCCCC. The van der Waals surface area contributed by atoms with Gasteiger partial charge in [0.2, 0.25) is 5.91 Å². The Kier molecular flexibility index (Phi) is 22.6. The molecule has 0 bridgehead atoms. The fourth-order valence-electron chi connectivity index (χ4n) is 5.94. The Morgan fingerprint density at radius 1 is 0.684 bits per heavy atom. The minimum absolute atomic E-state index is 0.0612. The molecule has 1 aliphatic heterocycles. The first kappa shape index (κ1) is 34.7. The average molecular weight is 534 g/mol. The molecule has 0 aliphatic carbocycles. The zero-order valence-electron chi connectivity index (χ0n) is 25.4. The van der Waals surface area contributed by atoms with Crippen LogP contribution in [0.15, 0.2) is 12.2 Å². The summed E-state index contributed by atoms with van der Waals surface area (Å²) in [6.45, 7) is 5.26. The van der Waals surface area contributed by atoms with Crippen LogP contribution in [0.1, 0.15) is 174 Å². The Morgan fingerprint density at radius 2 is 1.11 bits per heavy atom. The van der Waals surface area contributed by atoms with Gasteiger partial charge in [0.15, 0.2) is 0 Å². The molecule has 0 saturated carbocycles. The standard InChI is InChI=1S/C34H63NO3/c1-3-5-7-9-11-13-14-15-16-17-18-19-21-23-25-27-29-35-32(31(34(37)38)30-33(35)36)28-26-24-22-20-12-10-8-6-4-2/h15-16,31-32H,3-14,17-30H2,1-2H3,(H,37,38)/b16-15-. The molecule has 0 aromatic heterocycles. The molecule has 0 aromatic rings. The van der Waals surface area contributed by atoms with E-state index >= 15 is 0 Å². The Morgan fingerprint density at radius 3 is 1.58 bits per heavy atom. The third-order valence-corrected chi connectivity index (χ3v) is 8.41. The molecule has 4 nitrogen and oxygen atoms in total. The zero-order valence-corrected chi connectivity index (χ0v) is 25.4. The predicted octanol–water partition coefficient (Wildman–Crippen LogP) is 10.2. The van der Waals surface area contributed by atoms with E-state index in [4.69, 9.17) is 0 Å². The molecule has 1 aliphatic rings. The summed E-state index contributed by atoms with van der Waals surface area (Å²) in [5, 5.41) is 9.69. The zero-order chi connectivity index (χ0) is 27.7. The van der Waals surface area contributed by atoms with E-state index in [2.05, 4.69) is 26.0 Å². The van der Waals surface area contributed by atoms with Gasteiger partial charge in [-0.05, 0) is 38.5 Å². The fraction of sp³-hybridized carbons (Fsp3) is 0.882. The second-order valence-electron chi connectivity index (χ2n) is 11.9. The predicted molar refractivity (Wildman–Crippen MR) is 163 cm³/mol. The van der Waals surface area contributed by atoms with Crippen LogP contribution in [0, 0.1) is 5.92 Å². The average Bonchev–Trinajstić information content (AvgIpc) is 3.22. The molecule has 0 aromatic carbocycles. The molecule has 1 heterocycles. The molecule has 38 heavy (non-hydrogen) atoms. The second-order valence-corrected chi connectivity index (χ2v) is 11.9. The Bertz CT molecular complexity index is 603. The molecule has 4 heteroatoms. The quantitative estimate of drug-likeness (QED) is 0.0844. The van der Waals surface area contributed by atoms with Crippen molar-refractivity contribution in [2.75, 3.05) is 6.54 Å².